The van der Waals surface area contributed by atoms with Crippen LogP contribution in [0.2, 0.25) is 0 Å². The lowest BCUT2D eigenvalue weighted by molar-refractivity contribution is -0.0726. The minimum Gasteiger partial charge on any atom is -0.360 e. The smallest absolute Gasteiger partial charge is 0.185 e. The molecule has 0 spiro atoms. The highest BCUT2D eigenvalue weighted by Crippen LogP contribution is 2.26. The van der Waals surface area contributed by atoms with Crippen molar-refractivity contribution in [1.29, 1.82) is 0 Å². The van der Waals surface area contributed by atoms with Crippen LogP contribution >= 0.6 is 0 Å². The molecule has 2 rings (SSSR count). The molecule has 0 bridgehead atoms. The fraction of sp³-hybridized carbons (Fsp3) is 0.278. The summed E-state index contributed by atoms with van der Waals surface area (Å²) in [7, 11) is 5.68. The molecule has 1 aromatic rings. The molecule has 3 heteroatoms. The van der Waals surface area contributed by atoms with Gasteiger partial charge in [0.2, 0.25) is 0 Å². The molecular weight excluding hydrogens is 262 g/mol. The van der Waals surface area contributed by atoms with Crippen LogP contribution in [-0.2, 0) is 4.74 Å². The SMILES string of the molecule is COC1(N(C)C)C=CC(/C=C/C(=O)c2ccccc2)=CC1. The van der Waals surface area contributed by atoms with Crippen LogP contribution < -0.4 is 0 Å². The van der Waals surface area contributed by atoms with E-state index in [1.807, 2.05) is 67.6 Å². The Labute approximate surface area is 126 Å². The van der Waals surface area contributed by atoms with Crippen molar-refractivity contribution in [2.45, 2.75) is 12.1 Å². The van der Waals surface area contributed by atoms with E-state index in [1.54, 1.807) is 13.2 Å². The van der Waals surface area contributed by atoms with Crippen molar-refractivity contribution in [2.24, 2.45) is 0 Å². The predicted octanol–water partition coefficient (Wildman–Crippen LogP) is 3.22. The van der Waals surface area contributed by atoms with Crippen molar-refractivity contribution in [1.82, 2.24) is 4.90 Å². The number of hydrogen-bond donors (Lipinski definition) is 0. The molecule has 0 saturated heterocycles. The van der Waals surface area contributed by atoms with Crippen LogP contribution in [-0.4, -0.2) is 37.6 Å². The first kappa shape index (κ1) is 15.4. The molecule has 1 atom stereocenters. The van der Waals surface area contributed by atoms with Gasteiger partial charge in [0.1, 0.15) is 5.72 Å². The highest BCUT2D eigenvalue weighted by Gasteiger charge is 2.29. The average molecular weight is 283 g/mol. The minimum atomic E-state index is -0.388. The number of ketones is 1. The van der Waals surface area contributed by atoms with Crippen molar-refractivity contribution in [3.63, 3.8) is 0 Å². The van der Waals surface area contributed by atoms with Gasteiger partial charge in [0.15, 0.2) is 5.78 Å². The molecule has 0 amide bonds. The molecule has 0 N–H and O–H groups in total. The van der Waals surface area contributed by atoms with Gasteiger partial charge in [-0.15, -0.1) is 0 Å². The summed E-state index contributed by atoms with van der Waals surface area (Å²) in [5, 5.41) is 0. The lowest BCUT2D eigenvalue weighted by Crippen LogP contribution is -2.44. The number of ether oxygens (including phenoxy) is 1. The van der Waals surface area contributed by atoms with Crippen LogP contribution in [0.25, 0.3) is 0 Å². The topological polar surface area (TPSA) is 29.5 Å². The number of benzene rings is 1. The molecule has 3 nitrogen and oxygen atoms in total. The third kappa shape index (κ3) is 3.57. The monoisotopic (exact) mass is 283 g/mol. The third-order valence-corrected chi connectivity index (χ3v) is 3.76. The lowest BCUT2D eigenvalue weighted by atomic mass is 9.97. The quantitative estimate of drug-likeness (QED) is 0.472. The van der Waals surface area contributed by atoms with Crippen LogP contribution in [0, 0.1) is 0 Å². The van der Waals surface area contributed by atoms with E-state index >= 15 is 0 Å². The molecule has 0 radical (unpaired) electrons. The number of hydrogen-bond acceptors (Lipinski definition) is 3. The molecule has 0 aliphatic heterocycles. The summed E-state index contributed by atoms with van der Waals surface area (Å²) >= 11 is 0. The first-order valence-corrected chi connectivity index (χ1v) is 6.97. The van der Waals surface area contributed by atoms with Gasteiger partial charge in [-0.2, -0.15) is 0 Å². The van der Waals surface area contributed by atoms with Gasteiger partial charge in [0.05, 0.1) is 0 Å². The zero-order chi connectivity index (χ0) is 15.3. The standard InChI is InChI=1S/C18H21NO2/c1-19(2)18(21-3)13-11-15(12-14-18)9-10-17(20)16-7-5-4-6-8-16/h4-13H,14H2,1-3H3/b10-9+. The van der Waals surface area contributed by atoms with Gasteiger partial charge in [-0.05, 0) is 31.8 Å². The second-order valence-corrected chi connectivity index (χ2v) is 5.25. The van der Waals surface area contributed by atoms with Gasteiger partial charge in [-0.1, -0.05) is 48.6 Å². The molecule has 1 aromatic carbocycles. The summed E-state index contributed by atoms with van der Waals surface area (Å²) < 4.78 is 5.59. The Hall–Kier alpha value is -1.97. The highest BCUT2D eigenvalue weighted by molar-refractivity contribution is 6.04. The summed E-state index contributed by atoms with van der Waals surface area (Å²) in [5.41, 5.74) is 1.34. The Balaban J connectivity index is 2.05. The molecular formula is C18H21NO2. The molecule has 110 valence electrons. The molecule has 0 aromatic heterocycles. The van der Waals surface area contributed by atoms with Crippen LogP contribution in [0.1, 0.15) is 16.8 Å². The fourth-order valence-electron chi connectivity index (χ4n) is 2.29. The number of carbonyl (C=O) groups is 1. The molecule has 0 heterocycles. The molecule has 1 aliphatic carbocycles. The molecule has 21 heavy (non-hydrogen) atoms. The number of methoxy groups -OCH3 is 1. The maximum atomic E-state index is 12.0. The van der Waals surface area contributed by atoms with E-state index in [-0.39, 0.29) is 11.5 Å². The maximum absolute atomic E-state index is 12.0. The number of rotatable bonds is 5. The highest BCUT2D eigenvalue weighted by atomic mass is 16.5. The molecule has 1 aliphatic rings. The summed E-state index contributed by atoms with van der Waals surface area (Å²) in [6.07, 6.45) is 10.3. The van der Waals surface area contributed by atoms with E-state index in [4.69, 9.17) is 4.74 Å². The van der Waals surface area contributed by atoms with Crippen molar-refractivity contribution in [2.75, 3.05) is 21.2 Å². The molecule has 1 unspecified atom stereocenters. The Morgan fingerprint density at radius 1 is 1.29 bits per heavy atom. The van der Waals surface area contributed by atoms with Crippen LogP contribution in [0.3, 0.4) is 0 Å². The third-order valence-electron chi connectivity index (χ3n) is 3.76. The van der Waals surface area contributed by atoms with Gasteiger partial charge in [0, 0.05) is 19.1 Å². The molecule has 0 saturated carbocycles. The van der Waals surface area contributed by atoms with Crippen molar-refractivity contribution >= 4 is 5.78 Å². The van der Waals surface area contributed by atoms with Crippen molar-refractivity contribution in [3.8, 4) is 0 Å². The Morgan fingerprint density at radius 3 is 2.52 bits per heavy atom. The molecule has 0 fully saturated rings. The second-order valence-electron chi connectivity index (χ2n) is 5.25. The second kappa shape index (κ2) is 6.66. The van der Waals surface area contributed by atoms with Crippen LogP contribution in [0.5, 0.6) is 0 Å². The summed E-state index contributed by atoms with van der Waals surface area (Å²) in [6, 6.07) is 9.27. The van der Waals surface area contributed by atoms with Gasteiger partial charge < -0.3 is 4.74 Å². The van der Waals surface area contributed by atoms with E-state index in [1.165, 1.54) is 0 Å². The number of allylic oxidation sites excluding steroid dienone is 4. The van der Waals surface area contributed by atoms with Gasteiger partial charge in [-0.25, -0.2) is 0 Å². The zero-order valence-electron chi connectivity index (χ0n) is 12.7. The van der Waals surface area contributed by atoms with Gasteiger partial charge in [0.25, 0.3) is 0 Å². The van der Waals surface area contributed by atoms with Gasteiger partial charge in [-0.3, -0.25) is 9.69 Å². The largest absolute Gasteiger partial charge is 0.360 e. The van der Waals surface area contributed by atoms with E-state index in [0.29, 0.717) is 5.56 Å². The Morgan fingerprint density at radius 2 is 2.00 bits per heavy atom. The first-order chi connectivity index (χ1) is 10.1. The van der Waals surface area contributed by atoms with Crippen LogP contribution in [0.15, 0.2) is 66.3 Å². The normalized spacial score (nSPS) is 21.8. The van der Waals surface area contributed by atoms with E-state index in [9.17, 15) is 4.79 Å². The minimum absolute atomic E-state index is 0.0149. The predicted molar refractivity (Wildman–Crippen MR) is 85.2 cm³/mol. The Kier molecular flexibility index (Phi) is 4.89. The number of nitrogens with zero attached hydrogens (tertiary/aromatic N) is 1. The summed E-state index contributed by atoms with van der Waals surface area (Å²) in [4.78, 5) is 14.0. The summed E-state index contributed by atoms with van der Waals surface area (Å²) in [6.45, 7) is 0. The zero-order valence-corrected chi connectivity index (χ0v) is 12.7. The van der Waals surface area contributed by atoms with Crippen molar-refractivity contribution in [3.05, 3.63) is 71.8 Å². The van der Waals surface area contributed by atoms with E-state index in [2.05, 4.69) is 6.08 Å². The first-order valence-electron chi connectivity index (χ1n) is 6.97. The fourth-order valence-corrected chi connectivity index (χ4v) is 2.29. The maximum Gasteiger partial charge on any atom is 0.185 e. The lowest BCUT2D eigenvalue weighted by Gasteiger charge is -2.36. The number of carbonyl (C=O) groups excluding carboxylic acids is 1. The van der Waals surface area contributed by atoms with Gasteiger partial charge >= 0.3 is 0 Å². The number of likely N-dealkylation sites (N-methyl/N-ethyl adjacent to an activating group) is 1. The summed E-state index contributed by atoms with van der Waals surface area (Å²) in [5.74, 6) is 0.0149. The van der Waals surface area contributed by atoms with Crippen LogP contribution in [0.4, 0.5) is 0 Å². The van der Waals surface area contributed by atoms with Crippen molar-refractivity contribution < 1.29 is 9.53 Å². The Bertz CT molecular complexity index is 584. The van der Waals surface area contributed by atoms with E-state index in [0.717, 1.165) is 12.0 Å². The average Bonchev–Trinajstić information content (AvgIpc) is 2.53. The van der Waals surface area contributed by atoms with E-state index < -0.39 is 0 Å².